The summed E-state index contributed by atoms with van der Waals surface area (Å²) in [6.07, 6.45) is 1.72. The van der Waals surface area contributed by atoms with E-state index in [2.05, 4.69) is 15.3 Å². The number of anilines is 1. The smallest absolute Gasteiger partial charge is 0.255 e. The summed E-state index contributed by atoms with van der Waals surface area (Å²) in [4.78, 5) is 20.7. The Balaban J connectivity index is 1.96. The summed E-state index contributed by atoms with van der Waals surface area (Å²) in [7, 11) is 0. The molecule has 2 aromatic heterocycles. The van der Waals surface area contributed by atoms with Crippen molar-refractivity contribution in [2.24, 2.45) is 0 Å². The van der Waals surface area contributed by atoms with Crippen molar-refractivity contribution in [2.75, 3.05) is 5.32 Å². The molecular formula is C16H12ClN3O. The summed E-state index contributed by atoms with van der Waals surface area (Å²) in [6.45, 7) is 1.80. The van der Waals surface area contributed by atoms with Crippen molar-refractivity contribution in [3.8, 4) is 0 Å². The molecule has 104 valence electrons. The van der Waals surface area contributed by atoms with Crippen LogP contribution in [0.4, 0.5) is 5.69 Å². The number of rotatable bonds is 2. The third-order valence-corrected chi connectivity index (χ3v) is 3.27. The van der Waals surface area contributed by atoms with Crippen LogP contribution in [0.15, 0.2) is 48.7 Å². The molecule has 0 fully saturated rings. The van der Waals surface area contributed by atoms with Crippen molar-refractivity contribution in [3.05, 3.63) is 65.1 Å². The van der Waals surface area contributed by atoms with Crippen molar-refractivity contribution in [3.63, 3.8) is 0 Å². The molecule has 1 amide bonds. The molecule has 0 atom stereocenters. The van der Waals surface area contributed by atoms with Crippen molar-refractivity contribution in [1.29, 1.82) is 0 Å². The molecule has 5 heteroatoms. The predicted molar refractivity (Wildman–Crippen MR) is 83.7 cm³/mol. The van der Waals surface area contributed by atoms with E-state index in [4.69, 9.17) is 11.6 Å². The Kier molecular flexibility index (Phi) is 3.54. The standard InChI is InChI=1S/C16H12ClN3O/c1-10-8-11(9-15(17)19-10)16(21)20-14-6-2-5-13-12(14)4-3-7-18-13/h2-9H,1H3,(H,20,21). The van der Waals surface area contributed by atoms with Crippen LogP contribution in [0.5, 0.6) is 0 Å². The molecule has 1 aromatic carbocycles. The van der Waals surface area contributed by atoms with E-state index in [9.17, 15) is 4.79 Å². The number of nitrogens with zero attached hydrogens (tertiary/aromatic N) is 2. The number of pyridine rings is 2. The summed E-state index contributed by atoms with van der Waals surface area (Å²) in [5, 5.41) is 4.09. The highest BCUT2D eigenvalue weighted by molar-refractivity contribution is 6.29. The largest absolute Gasteiger partial charge is 0.321 e. The maximum absolute atomic E-state index is 12.3. The first-order chi connectivity index (χ1) is 10.1. The van der Waals surface area contributed by atoms with Crippen LogP contribution in [0.1, 0.15) is 16.1 Å². The molecule has 1 N–H and O–H groups in total. The zero-order valence-corrected chi connectivity index (χ0v) is 12.1. The summed E-state index contributed by atoms with van der Waals surface area (Å²) in [5.41, 5.74) is 2.73. The van der Waals surface area contributed by atoms with E-state index in [1.807, 2.05) is 30.3 Å². The predicted octanol–water partition coefficient (Wildman–Crippen LogP) is 3.84. The van der Waals surface area contributed by atoms with Crippen LogP contribution < -0.4 is 5.32 Å². The maximum atomic E-state index is 12.3. The first kappa shape index (κ1) is 13.5. The second-order valence-electron chi connectivity index (χ2n) is 4.65. The summed E-state index contributed by atoms with van der Waals surface area (Å²) >= 11 is 5.89. The number of halogens is 1. The van der Waals surface area contributed by atoms with Crippen LogP contribution in [0.3, 0.4) is 0 Å². The van der Waals surface area contributed by atoms with Gasteiger partial charge in [-0.15, -0.1) is 0 Å². The quantitative estimate of drug-likeness (QED) is 0.731. The van der Waals surface area contributed by atoms with Gasteiger partial charge in [0.15, 0.2) is 0 Å². The Morgan fingerprint density at radius 2 is 2.05 bits per heavy atom. The molecular weight excluding hydrogens is 286 g/mol. The highest BCUT2D eigenvalue weighted by Gasteiger charge is 2.10. The Bertz CT molecular complexity index is 807. The lowest BCUT2D eigenvalue weighted by atomic mass is 10.1. The normalized spacial score (nSPS) is 10.6. The minimum absolute atomic E-state index is 0.223. The fourth-order valence-electron chi connectivity index (χ4n) is 2.17. The van der Waals surface area contributed by atoms with Crippen molar-refractivity contribution >= 4 is 34.1 Å². The molecule has 0 aliphatic carbocycles. The monoisotopic (exact) mass is 297 g/mol. The first-order valence-corrected chi connectivity index (χ1v) is 6.80. The topological polar surface area (TPSA) is 54.9 Å². The minimum Gasteiger partial charge on any atom is -0.321 e. The number of hydrogen-bond donors (Lipinski definition) is 1. The third kappa shape index (κ3) is 2.85. The molecule has 0 aliphatic rings. The average molecular weight is 298 g/mol. The fourth-order valence-corrected chi connectivity index (χ4v) is 2.42. The summed E-state index contributed by atoms with van der Waals surface area (Å²) < 4.78 is 0. The van der Waals surface area contributed by atoms with E-state index in [0.717, 1.165) is 16.6 Å². The molecule has 3 aromatic rings. The van der Waals surface area contributed by atoms with Gasteiger partial charge in [-0.3, -0.25) is 9.78 Å². The van der Waals surface area contributed by atoms with Crippen molar-refractivity contribution in [1.82, 2.24) is 9.97 Å². The van der Waals surface area contributed by atoms with Gasteiger partial charge in [-0.05, 0) is 43.3 Å². The van der Waals surface area contributed by atoms with E-state index in [1.165, 1.54) is 0 Å². The minimum atomic E-state index is -0.223. The highest BCUT2D eigenvalue weighted by Crippen LogP contribution is 2.22. The number of nitrogens with one attached hydrogen (secondary N) is 1. The van der Waals surface area contributed by atoms with Gasteiger partial charge in [-0.25, -0.2) is 4.98 Å². The Labute approximate surface area is 126 Å². The Hall–Kier alpha value is -2.46. The number of aryl methyl sites for hydroxylation is 1. The van der Waals surface area contributed by atoms with Crippen LogP contribution in [0.25, 0.3) is 10.9 Å². The van der Waals surface area contributed by atoms with Gasteiger partial charge in [0.25, 0.3) is 5.91 Å². The molecule has 0 aliphatic heterocycles. The molecule has 2 heterocycles. The third-order valence-electron chi connectivity index (χ3n) is 3.08. The average Bonchev–Trinajstić information content (AvgIpc) is 2.46. The second-order valence-corrected chi connectivity index (χ2v) is 5.04. The number of fused-ring (bicyclic) bond motifs is 1. The Morgan fingerprint density at radius 3 is 2.86 bits per heavy atom. The Morgan fingerprint density at radius 1 is 1.19 bits per heavy atom. The number of aromatic nitrogens is 2. The van der Waals surface area contributed by atoms with Gasteiger partial charge >= 0.3 is 0 Å². The van der Waals surface area contributed by atoms with Crippen LogP contribution in [0, 0.1) is 6.92 Å². The van der Waals surface area contributed by atoms with Crippen LogP contribution >= 0.6 is 11.6 Å². The SMILES string of the molecule is Cc1cc(C(=O)Nc2cccc3ncccc23)cc(Cl)n1. The molecule has 0 spiro atoms. The lowest BCUT2D eigenvalue weighted by Gasteiger charge is -2.09. The number of amides is 1. The van der Waals surface area contributed by atoms with Crippen LogP contribution in [-0.4, -0.2) is 15.9 Å². The molecule has 3 rings (SSSR count). The van der Waals surface area contributed by atoms with E-state index in [-0.39, 0.29) is 5.91 Å². The van der Waals surface area contributed by atoms with Gasteiger partial charge in [-0.2, -0.15) is 0 Å². The highest BCUT2D eigenvalue weighted by atomic mass is 35.5. The van der Waals surface area contributed by atoms with Gasteiger partial charge in [-0.1, -0.05) is 17.7 Å². The zero-order chi connectivity index (χ0) is 14.8. The molecule has 4 nitrogen and oxygen atoms in total. The lowest BCUT2D eigenvalue weighted by Crippen LogP contribution is -2.12. The molecule has 0 unspecified atom stereocenters. The number of hydrogen-bond acceptors (Lipinski definition) is 3. The zero-order valence-electron chi connectivity index (χ0n) is 11.3. The van der Waals surface area contributed by atoms with Gasteiger partial charge in [0.1, 0.15) is 5.15 Å². The van der Waals surface area contributed by atoms with E-state index < -0.39 is 0 Å². The van der Waals surface area contributed by atoms with Crippen LogP contribution in [0.2, 0.25) is 5.15 Å². The van der Waals surface area contributed by atoms with Crippen LogP contribution in [-0.2, 0) is 0 Å². The molecule has 0 saturated heterocycles. The number of benzene rings is 1. The molecule has 0 bridgehead atoms. The van der Waals surface area contributed by atoms with Gasteiger partial charge in [0, 0.05) is 22.8 Å². The summed E-state index contributed by atoms with van der Waals surface area (Å²) in [6, 6.07) is 12.6. The van der Waals surface area contributed by atoms with Gasteiger partial charge in [0.2, 0.25) is 0 Å². The number of carbonyl (C=O) groups excluding carboxylic acids is 1. The molecule has 0 saturated carbocycles. The first-order valence-electron chi connectivity index (χ1n) is 6.43. The van der Waals surface area contributed by atoms with Gasteiger partial charge in [0.05, 0.1) is 11.2 Å². The number of carbonyl (C=O) groups is 1. The van der Waals surface area contributed by atoms with Crippen molar-refractivity contribution in [2.45, 2.75) is 6.92 Å². The van der Waals surface area contributed by atoms with E-state index >= 15 is 0 Å². The molecule has 0 radical (unpaired) electrons. The molecule has 21 heavy (non-hydrogen) atoms. The fraction of sp³-hybridized carbons (Fsp3) is 0.0625. The summed E-state index contributed by atoms with van der Waals surface area (Å²) in [5.74, 6) is -0.223. The van der Waals surface area contributed by atoms with Gasteiger partial charge < -0.3 is 5.32 Å². The van der Waals surface area contributed by atoms with Crippen molar-refractivity contribution < 1.29 is 4.79 Å². The van der Waals surface area contributed by atoms with E-state index in [0.29, 0.717) is 16.4 Å². The second kappa shape index (κ2) is 5.50. The maximum Gasteiger partial charge on any atom is 0.255 e. The van der Waals surface area contributed by atoms with E-state index in [1.54, 1.807) is 25.3 Å². The lowest BCUT2D eigenvalue weighted by molar-refractivity contribution is 0.102.